The molecular formula is C20H35N3O5S. The third kappa shape index (κ3) is 7.83. The summed E-state index contributed by atoms with van der Waals surface area (Å²) >= 11 is 0. The van der Waals surface area contributed by atoms with E-state index in [9.17, 15) is 13.2 Å². The summed E-state index contributed by atoms with van der Waals surface area (Å²) in [5, 5.41) is 0. The number of hydrogen-bond acceptors (Lipinski definition) is 6. The number of nitrogens with one attached hydrogen (secondary N) is 1. The molecule has 0 aliphatic heterocycles. The highest BCUT2D eigenvalue weighted by molar-refractivity contribution is 7.89. The maximum atomic E-state index is 12.5. The maximum absolute atomic E-state index is 12.5. The van der Waals surface area contributed by atoms with E-state index >= 15 is 0 Å². The minimum Gasteiger partial charge on any atom is -0.493 e. The summed E-state index contributed by atoms with van der Waals surface area (Å²) in [6, 6.07) is 4.37. The summed E-state index contributed by atoms with van der Waals surface area (Å²) in [6.45, 7) is 10.4. The molecule has 1 aromatic rings. The van der Waals surface area contributed by atoms with Gasteiger partial charge in [-0.25, -0.2) is 13.1 Å². The lowest BCUT2D eigenvalue weighted by atomic mass is 10.3. The smallest absolute Gasteiger partial charge is 0.240 e. The maximum Gasteiger partial charge on any atom is 0.240 e. The van der Waals surface area contributed by atoms with Crippen LogP contribution in [-0.2, 0) is 14.8 Å². The Labute approximate surface area is 175 Å². The van der Waals surface area contributed by atoms with Gasteiger partial charge in [0.2, 0.25) is 15.9 Å². The lowest BCUT2D eigenvalue weighted by Gasteiger charge is -2.23. The molecule has 0 radical (unpaired) electrons. The van der Waals surface area contributed by atoms with E-state index in [4.69, 9.17) is 9.47 Å². The first-order valence-corrected chi connectivity index (χ1v) is 11.5. The highest BCUT2D eigenvalue weighted by atomic mass is 32.2. The number of carbonyl (C=O) groups is 1. The number of benzene rings is 1. The lowest BCUT2D eigenvalue weighted by Crippen LogP contribution is -2.36. The van der Waals surface area contributed by atoms with Gasteiger partial charge < -0.3 is 19.3 Å². The van der Waals surface area contributed by atoms with Gasteiger partial charge in [-0.2, -0.15) is 0 Å². The quantitative estimate of drug-likeness (QED) is 0.486. The van der Waals surface area contributed by atoms with Gasteiger partial charge in [-0.05, 0) is 45.1 Å². The van der Waals surface area contributed by atoms with Gasteiger partial charge in [0.25, 0.3) is 0 Å². The molecule has 0 unspecified atom stereocenters. The molecule has 0 fully saturated rings. The molecule has 0 aliphatic carbocycles. The van der Waals surface area contributed by atoms with E-state index in [1.54, 1.807) is 4.90 Å². The van der Waals surface area contributed by atoms with E-state index in [2.05, 4.69) is 23.5 Å². The van der Waals surface area contributed by atoms with Crippen molar-refractivity contribution in [1.82, 2.24) is 14.5 Å². The summed E-state index contributed by atoms with van der Waals surface area (Å²) in [6.07, 6.45) is 1.02. The molecular weight excluding hydrogens is 394 g/mol. The average molecular weight is 430 g/mol. The zero-order valence-corrected chi connectivity index (χ0v) is 19.0. The van der Waals surface area contributed by atoms with E-state index in [1.807, 2.05) is 6.92 Å². The third-order valence-corrected chi connectivity index (χ3v) is 6.29. The van der Waals surface area contributed by atoms with Crippen molar-refractivity contribution in [3.8, 4) is 11.5 Å². The summed E-state index contributed by atoms with van der Waals surface area (Å²) in [4.78, 5) is 16.6. The van der Waals surface area contributed by atoms with E-state index in [1.165, 1.54) is 32.4 Å². The predicted octanol–water partition coefficient (Wildman–Crippen LogP) is 1.95. The topological polar surface area (TPSA) is 88.2 Å². The van der Waals surface area contributed by atoms with Crippen molar-refractivity contribution < 1.29 is 22.7 Å². The molecule has 29 heavy (non-hydrogen) atoms. The molecule has 1 amide bonds. The van der Waals surface area contributed by atoms with Crippen molar-refractivity contribution in [2.75, 3.05) is 53.5 Å². The average Bonchev–Trinajstić information content (AvgIpc) is 2.73. The summed E-state index contributed by atoms with van der Waals surface area (Å²) in [5.41, 5.74) is 0. The second-order valence-corrected chi connectivity index (χ2v) is 8.29. The number of amides is 1. The molecule has 0 saturated carbocycles. The van der Waals surface area contributed by atoms with Crippen LogP contribution in [0.2, 0.25) is 0 Å². The molecule has 0 heterocycles. The van der Waals surface area contributed by atoms with E-state index in [0.717, 1.165) is 26.1 Å². The zero-order chi connectivity index (χ0) is 21.9. The van der Waals surface area contributed by atoms with E-state index in [0.29, 0.717) is 24.6 Å². The Morgan fingerprint density at radius 2 is 1.66 bits per heavy atom. The Kier molecular flexibility index (Phi) is 11.0. The van der Waals surface area contributed by atoms with Crippen molar-refractivity contribution in [2.24, 2.45) is 0 Å². The number of nitrogens with zero attached hydrogens (tertiary/aromatic N) is 2. The lowest BCUT2D eigenvalue weighted by molar-refractivity contribution is -0.130. The second-order valence-electron chi connectivity index (χ2n) is 6.52. The fourth-order valence-electron chi connectivity index (χ4n) is 3.00. The van der Waals surface area contributed by atoms with Gasteiger partial charge in [-0.1, -0.05) is 13.8 Å². The molecule has 166 valence electrons. The Balaban J connectivity index is 2.58. The van der Waals surface area contributed by atoms with Crippen LogP contribution in [0.15, 0.2) is 23.1 Å². The molecule has 1 N–H and O–H groups in total. The normalized spacial score (nSPS) is 11.5. The second kappa shape index (κ2) is 12.7. The highest BCUT2D eigenvalue weighted by Crippen LogP contribution is 2.29. The fraction of sp³-hybridized carbons (Fsp3) is 0.650. The van der Waals surface area contributed by atoms with Crippen LogP contribution < -0.4 is 14.2 Å². The number of ether oxygens (including phenoxy) is 2. The van der Waals surface area contributed by atoms with Crippen LogP contribution in [0.5, 0.6) is 11.5 Å². The molecule has 0 aliphatic rings. The molecule has 0 aromatic heterocycles. The Hall–Kier alpha value is -1.84. The van der Waals surface area contributed by atoms with Gasteiger partial charge in [0, 0.05) is 32.1 Å². The first kappa shape index (κ1) is 25.2. The number of carbonyl (C=O) groups excluding carboxylic acids is 1. The van der Waals surface area contributed by atoms with E-state index < -0.39 is 10.0 Å². The van der Waals surface area contributed by atoms with Crippen LogP contribution >= 0.6 is 0 Å². The van der Waals surface area contributed by atoms with Crippen molar-refractivity contribution in [1.29, 1.82) is 0 Å². The van der Waals surface area contributed by atoms with Crippen LogP contribution in [0.4, 0.5) is 0 Å². The molecule has 1 rings (SSSR count). The number of methoxy groups -OCH3 is 2. The Morgan fingerprint density at radius 1 is 1.00 bits per heavy atom. The first-order chi connectivity index (χ1) is 13.8. The number of hydrogen-bond donors (Lipinski definition) is 1. The molecule has 8 nitrogen and oxygen atoms in total. The molecule has 9 heteroatoms. The van der Waals surface area contributed by atoms with Gasteiger partial charge in [0.05, 0.1) is 19.1 Å². The van der Waals surface area contributed by atoms with Gasteiger partial charge >= 0.3 is 0 Å². The van der Waals surface area contributed by atoms with Crippen LogP contribution in [0.3, 0.4) is 0 Å². The standard InChI is InChI=1S/C20H35N3O5S/c1-6-22(7-2)14-9-15-23(8-3)20(24)12-13-21-29(25,26)17-10-11-18(27-4)19(16-17)28-5/h10-11,16,21H,6-9,12-15H2,1-5H3. The number of sulfonamides is 1. The molecule has 0 saturated heterocycles. The van der Waals surface area contributed by atoms with E-state index in [-0.39, 0.29) is 23.8 Å². The monoisotopic (exact) mass is 429 g/mol. The Morgan fingerprint density at radius 3 is 2.21 bits per heavy atom. The summed E-state index contributed by atoms with van der Waals surface area (Å²) < 4.78 is 37.8. The van der Waals surface area contributed by atoms with Crippen LogP contribution in [0.1, 0.15) is 33.6 Å². The summed E-state index contributed by atoms with van der Waals surface area (Å²) in [7, 11) is -0.816. The molecule has 0 bridgehead atoms. The fourth-order valence-corrected chi connectivity index (χ4v) is 4.05. The minimum atomic E-state index is -3.74. The van der Waals surface area contributed by atoms with Crippen LogP contribution in [0.25, 0.3) is 0 Å². The van der Waals surface area contributed by atoms with Crippen molar-refractivity contribution in [3.63, 3.8) is 0 Å². The van der Waals surface area contributed by atoms with Crippen molar-refractivity contribution in [2.45, 2.75) is 38.5 Å². The SMILES string of the molecule is CCN(CC)CCCN(CC)C(=O)CCNS(=O)(=O)c1ccc(OC)c(OC)c1. The van der Waals surface area contributed by atoms with Crippen LogP contribution in [-0.4, -0.2) is 77.6 Å². The van der Waals surface area contributed by atoms with Gasteiger partial charge in [-0.15, -0.1) is 0 Å². The van der Waals surface area contributed by atoms with Crippen molar-refractivity contribution in [3.05, 3.63) is 18.2 Å². The highest BCUT2D eigenvalue weighted by Gasteiger charge is 2.18. The predicted molar refractivity (Wildman–Crippen MR) is 114 cm³/mol. The molecule has 0 atom stereocenters. The molecule has 1 aromatic carbocycles. The minimum absolute atomic E-state index is 0.0437. The molecule has 0 spiro atoms. The zero-order valence-electron chi connectivity index (χ0n) is 18.2. The Bertz CT molecular complexity index is 736. The van der Waals surface area contributed by atoms with Gasteiger partial charge in [0.1, 0.15) is 0 Å². The third-order valence-electron chi connectivity index (χ3n) is 4.83. The number of rotatable bonds is 14. The van der Waals surface area contributed by atoms with Crippen LogP contribution in [0, 0.1) is 0 Å². The summed E-state index contributed by atoms with van der Waals surface area (Å²) in [5.74, 6) is 0.726. The largest absolute Gasteiger partial charge is 0.493 e. The van der Waals surface area contributed by atoms with Gasteiger partial charge in [0.15, 0.2) is 11.5 Å². The van der Waals surface area contributed by atoms with Gasteiger partial charge in [-0.3, -0.25) is 4.79 Å². The van der Waals surface area contributed by atoms with Crippen molar-refractivity contribution >= 4 is 15.9 Å². The first-order valence-electron chi connectivity index (χ1n) is 10.0.